The summed E-state index contributed by atoms with van der Waals surface area (Å²) in [7, 11) is 0. The average molecular weight is 252 g/mol. The molecule has 0 heterocycles. The molecule has 33 valence electrons. The van der Waals surface area contributed by atoms with Gasteiger partial charge in [-0.3, -0.25) is 10.5 Å². The van der Waals surface area contributed by atoms with Crippen LogP contribution in [0, 0.1) is 0 Å². The van der Waals surface area contributed by atoms with Crippen LogP contribution in [0.25, 0.3) is 0 Å². The molecule has 0 fully saturated rings. The van der Waals surface area contributed by atoms with E-state index in [0.717, 1.165) is 0 Å². The third kappa shape index (κ3) is 599. The van der Waals surface area contributed by atoms with Gasteiger partial charge in [0.1, 0.15) is 0 Å². The van der Waals surface area contributed by atoms with Gasteiger partial charge in [0.15, 0.2) is 0 Å². The van der Waals surface area contributed by atoms with Crippen LogP contribution in [0.1, 0.15) is 0 Å². The van der Waals surface area contributed by atoms with E-state index >= 15 is 0 Å². The van der Waals surface area contributed by atoms with Gasteiger partial charge in [0.25, 0.3) is 0 Å². The zero-order valence-electron chi connectivity index (χ0n) is 2.09. The van der Waals surface area contributed by atoms with Crippen LogP contribution >= 0.6 is 0 Å². The Kier molecular flexibility index (Phi) is 54.2. The molecule has 0 aromatic heterocycles. The minimum absolute atomic E-state index is 2.17. The van der Waals surface area contributed by atoms with E-state index in [9.17, 15) is 0 Å². The van der Waals surface area contributed by atoms with Crippen molar-refractivity contribution in [2.75, 3.05) is 0 Å². The summed E-state index contributed by atoms with van der Waals surface area (Å²) in [5.41, 5.74) is 0. The van der Waals surface area contributed by atoms with Crippen LogP contribution in [0.15, 0.2) is 0 Å². The topological polar surface area (TPSA) is 74.6 Å². The van der Waals surface area contributed by atoms with Gasteiger partial charge in [-0.25, -0.2) is 0 Å². The van der Waals surface area contributed by atoms with Crippen LogP contribution in [-0.4, -0.2) is 10.5 Å². The van der Waals surface area contributed by atoms with Crippen LogP contribution in [0.2, 0.25) is 0 Å². The molecule has 0 unspecified atom stereocenters. The molecule has 0 atom stereocenters. The van der Waals surface area contributed by atoms with E-state index in [-0.39, 0.29) is 0 Å². The van der Waals surface area contributed by atoms with Crippen molar-refractivity contribution in [1.29, 1.82) is 0 Å². The van der Waals surface area contributed by atoms with Gasteiger partial charge < -0.3 is 0 Å². The molecule has 0 aliphatic carbocycles. The van der Waals surface area contributed by atoms with Gasteiger partial charge in [-0.05, 0) is 0 Å². The van der Waals surface area contributed by atoms with Crippen molar-refractivity contribution in [1.82, 2.24) is 0 Å². The van der Waals surface area contributed by atoms with Crippen molar-refractivity contribution in [3.05, 3.63) is 0 Å². The zero-order chi connectivity index (χ0) is 4.71. The molecule has 5 heavy (non-hydrogen) atoms. The second-order valence-corrected chi connectivity index (χ2v) is 0.516. The molecule has 0 radical (unpaired) electrons. The van der Waals surface area contributed by atoms with Gasteiger partial charge >= 0.3 is 24.8 Å². The second kappa shape index (κ2) is 30.3. The van der Waals surface area contributed by atoms with Crippen LogP contribution in [0.3, 0.4) is 0 Å². The third-order valence-corrected chi connectivity index (χ3v) is 0. The van der Waals surface area contributed by atoms with E-state index in [1.807, 2.05) is 0 Å². The summed E-state index contributed by atoms with van der Waals surface area (Å²) in [6.45, 7) is 0. The Morgan fingerprint density at radius 3 is 1.20 bits per heavy atom. The van der Waals surface area contributed by atoms with Crippen molar-refractivity contribution in [2.24, 2.45) is 0 Å². The molecule has 0 aliphatic rings. The molecule has 0 aliphatic heterocycles. The van der Waals surface area contributed by atoms with Crippen LogP contribution in [-0.2, 0) is 24.8 Å². The van der Waals surface area contributed by atoms with Gasteiger partial charge in [-0.2, -0.15) is 0 Å². The Labute approximate surface area is 36.1 Å². The molecule has 0 saturated carbocycles. The van der Waals surface area contributed by atoms with E-state index in [1.54, 1.807) is 0 Å². The van der Waals surface area contributed by atoms with Gasteiger partial charge in [0.2, 0.25) is 0 Å². The van der Waals surface area contributed by atoms with Crippen molar-refractivity contribution >= 4 is 0 Å². The molecule has 0 spiro atoms. The maximum atomic E-state index is 8.53. The maximum absolute atomic E-state index is 8.53. The van der Waals surface area contributed by atoms with Crippen LogP contribution < -0.4 is 0 Å². The van der Waals surface area contributed by atoms with Gasteiger partial charge in [0, 0.05) is 0 Å². The fourth-order valence-corrected chi connectivity index (χ4v) is 0. The summed E-state index contributed by atoms with van der Waals surface area (Å²) >= 11 is -2.17. The summed E-state index contributed by atoms with van der Waals surface area (Å²) in [6, 6.07) is 0. The van der Waals surface area contributed by atoms with E-state index in [2.05, 4.69) is 0 Å². The minimum atomic E-state index is -2.17. The quantitative estimate of drug-likeness (QED) is 0.461. The molecule has 0 bridgehead atoms. The fraction of sp³-hybridized carbons (Fsp3) is 0. The normalized spacial score (nSPS) is 3.60. The van der Waals surface area contributed by atoms with Crippen LogP contribution in [0.4, 0.5) is 0 Å². The number of hydrogen-bond acceptors (Lipinski definition) is 4. The third-order valence-electron chi connectivity index (χ3n) is 0. The molecule has 0 aromatic rings. The fourth-order valence-electron chi connectivity index (χ4n) is 0. The number of hydrogen-bond donors (Lipinski definition) is 2. The van der Waals surface area contributed by atoms with Crippen molar-refractivity contribution in [2.45, 2.75) is 0 Å². The zero-order valence-corrected chi connectivity index (χ0v) is 4.80. The Morgan fingerprint density at radius 1 is 1.20 bits per heavy atom. The Bertz CT molecular complexity index is 24.6. The summed E-state index contributed by atoms with van der Waals surface area (Å²) in [6.07, 6.45) is 0. The SMILES string of the molecule is OO.[O]=[Re]=[O]. The number of rotatable bonds is 0. The first-order valence-electron chi connectivity index (χ1n) is 0.509. The summed E-state index contributed by atoms with van der Waals surface area (Å²) < 4.78 is 17.1. The Morgan fingerprint density at radius 2 is 1.20 bits per heavy atom. The monoisotopic (exact) mass is 253 g/mol. The van der Waals surface area contributed by atoms with E-state index in [0.29, 0.717) is 0 Å². The first-order chi connectivity index (χ1) is 2.41. The Balaban J connectivity index is 0. The van der Waals surface area contributed by atoms with Gasteiger partial charge in [-0.15, -0.1) is 0 Å². The predicted octanol–water partition coefficient (Wildman–Crippen LogP) is -0.223. The van der Waals surface area contributed by atoms with E-state index < -0.39 is 17.9 Å². The Hall–Kier alpha value is 0.182. The van der Waals surface area contributed by atoms with Gasteiger partial charge in [0.05, 0.1) is 0 Å². The van der Waals surface area contributed by atoms with Crippen molar-refractivity contribution in [3.8, 4) is 0 Å². The molecule has 0 saturated heterocycles. The van der Waals surface area contributed by atoms with E-state index in [1.165, 1.54) is 0 Å². The molecule has 0 aromatic carbocycles. The van der Waals surface area contributed by atoms with Gasteiger partial charge in [-0.1, -0.05) is 0 Å². The molecular formula is H2O4Re. The van der Waals surface area contributed by atoms with Crippen molar-refractivity contribution < 1.29 is 35.3 Å². The first-order valence-corrected chi connectivity index (χ1v) is 2.73. The first kappa shape index (κ1) is 8.95. The molecule has 5 heteroatoms. The molecule has 4 nitrogen and oxygen atoms in total. The summed E-state index contributed by atoms with van der Waals surface area (Å²) in [5, 5.41) is 12.0. The van der Waals surface area contributed by atoms with Crippen LogP contribution in [0.5, 0.6) is 0 Å². The van der Waals surface area contributed by atoms with E-state index in [4.69, 9.17) is 17.5 Å². The average Bonchev–Trinajstić information content (AvgIpc) is 1.46. The molecule has 0 amide bonds. The van der Waals surface area contributed by atoms with Crippen molar-refractivity contribution in [3.63, 3.8) is 0 Å². The molecule has 2 N–H and O–H groups in total. The summed E-state index contributed by atoms with van der Waals surface area (Å²) in [5.74, 6) is 0. The predicted molar refractivity (Wildman–Crippen MR) is 6.63 cm³/mol. The molecular weight excluding hydrogens is 250 g/mol. The standard InChI is InChI=1S/H2O2.2O.Re/c1-2;;;/h1-2H;;;. The molecule has 0 rings (SSSR count). The summed E-state index contributed by atoms with van der Waals surface area (Å²) in [4.78, 5) is 0. The second-order valence-electron chi connectivity index (χ2n) is 0.0630.